The third-order valence-electron chi connectivity index (χ3n) is 3.64. The van der Waals surface area contributed by atoms with Crippen molar-refractivity contribution in [1.29, 1.82) is 0 Å². The molecule has 1 atom stereocenters. The van der Waals surface area contributed by atoms with E-state index in [-0.39, 0.29) is 17.6 Å². The predicted octanol–water partition coefficient (Wildman–Crippen LogP) is 0.840. The zero-order valence-electron chi connectivity index (χ0n) is 11.8. The van der Waals surface area contributed by atoms with Gasteiger partial charge in [-0.1, -0.05) is 17.6 Å². The predicted molar refractivity (Wildman–Crippen MR) is 84.0 cm³/mol. The maximum atomic E-state index is 12.3. The molecule has 1 aliphatic heterocycles. The van der Waals surface area contributed by atoms with Gasteiger partial charge in [-0.25, -0.2) is 0 Å². The molecule has 5 heteroatoms. The number of benzene rings is 2. The Labute approximate surface area is 124 Å². The van der Waals surface area contributed by atoms with Gasteiger partial charge in [0, 0.05) is 5.69 Å². The number of anilines is 1. The van der Waals surface area contributed by atoms with Crippen molar-refractivity contribution >= 4 is 24.9 Å². The van der Waals surface area contributed by atoms with E-state index in [1.807, 2.05) is 32.1 Å². The molecule has 0 aromatic heterocycles. The van der Waals surface area contributed by atoms with Crippen LogP contribution in [0, 0.1) is 5.92 Å². The lowest BCUT2D eigenvalue weighted by Crippen LogP contribution is -2.32. The summed E-state index contributed by atoms with van der Waals surface area (Å²) in [6.07, 6.45) is 0.571. The fraction of sp³-hybridized carbons (Fsp3) is 0.188. The summed E-state index contributed by atoms with van der Waals surface area (Å²) < 4.78 is 5.60. The summed E-state index contributed by atoms with van der Waals surface area (Å²) in [5, 5.41) is 12.4. The molecule has 0 bridgehead atoms. The molecule has 2 aromatic rings. The van der Waals surface area contributed by atoms with Crippen molar-refractivity contribution < 1.29 is 14.6 Å². The number of carbonyl (C=O) groups excluding carboxylic acids is 1. The lowest BCUT2D eigenvalue weighted by molar-refractivity contribution is -0.121. The summed E-state index contributed by atoms with van der Waals surface area (Å²) >= 11 is 0. The summed E-state index contributed by atoms with van der Waals surface area (Å²) in [7, 11) is 2.00. The van der Waals surface area contributed by atoms with Crippen LogP contribution in [0.2, 0.25) is 0 Å². The molecule has 4 nitrogen and oxygen atoms in total. The number of fused-ring (bicyclic) bond motifs is 1. The molecule has 2 aromatic carbocycles. The van der Waals surface area contributed by atoms with Crippen molar-refractivity contribution in [3.8, 4) is 11.5 Å². The average Bonchev–Trinajstić information content (AvgIpc) is 2.48. The number of ether oxygens (including phenoxy) is 1. The van der Waals surface area contributed by atoms with E-state index in [0.29, 0.717) is 13.0 Å². The summed E-state index contributed by atoms with van der Waals surface area (Å²) in [6, 6.07) is 12.7. The Morgan fingerprint density at radius 2 is 2.00 bits per heavy atom. The minimum atomic E-state index is -0.249. The van der Waals surface area contributed by atoms with Crippen LogP contribution in [0.4, 0.5) is 5.69 Å². The van der Waals surface area contributed by atoms with Gasteiger partial charge in [-0.2, -0.15) is 0 Å². The van der Waals surface area contributed by atoms with E-state index in [9.17, 15) is 9.90 Å². The van der Waals surface area contributed by atoms with E-state index in [0.717, 1.165) is 22.5 Å². The number of phenolic OH excluding ortho intramolecular Hbond substituents is 1. The smallest absolute Gasteiger partial charge is 0.231 e. The van der Waals surface area contributed by atoms with Crippen molar-refractivity contribution in [3.05, 3.63) is 48.0 Å². The summed E-state index contributed by atoms with van der Waals surface area (Å²) in [6.45, 7) is 0.357. The van der Waals surface area contributed by atoms with Crippen LogP contribution in [0.15, 0.2) is 42.5 Å². The molecule has 0 saturated heterocycles. The number of phenols is 1. The second-order valence-electron chi connectivity index (χ2n) is 5.36. The number of hydrogen-bond acceptors (Lipinski definition) is 3. The Kier molecular flexibility index (Phi) is 3.56. The average molecular weight is 281 g/mol. The molecule has 0 radical (unpaired) electrons. The third kappa shape index (κ3) is 3.02. The van der Waals surface area contributed by atoms with Crippen molar-refractivity contribution in [1.82, 2.24) is 0 Å². The van der Waals surface area contributed by atoms with Crippen LogP contribution in [0.5, 0.6) is 11.5 Å². The maximum Gasteiger partial charge on any atom is 0.231 e. The molecular weight excluding hydrogens is 265 g/mol. The van der Waals surface area contributed by atoms with Gasteiger partial charge in [-0.3, -0.25) is 4.79 Å². The zero-order valence-corrected chi connectivity index (χ0v) is 11.8. The first-order valence-electron chi connectivity index (χ1n) is 6.94. The third-order valence-corrected chi connectivity index (χ3v) is 3.64. The van der Waals surface area contributed by atoms with Crippen LogP contribution >= 0.6 is 0 Å². The van der Waals surface area contributed by atoms with E-state index in [4.69, 9.17) is 4.74 Å². The Balaban J connectivity index is 1.70. The monoisotopic (exact) mass is 281 g/mol. The van der Waals surface area contributed by atoms with Gasteiger partial charge in [0.25, 0.3) is 0 Å². The minimum Gasteiger partial charge on any atom is -0.508 e. The lowest BCUT2D eigenvalue weighted by atomic mass is 9.95. The van der Waals surface area contributed by atoms with E-state index < -0.39 is 0 Å². The van der Waals surface area contributed by atoms with Crippen molar-refractivity contribution in [3.63, 3.8) is 0 Å². The zero-order chi connectivity index (χ0) is 14.8. The molecule has 3 rings (SSSR count). The van der Waals surface area contributed by atoms with Gasteiger partial charge < -0.3 is 15.2 Å². The molecule has 0 spiro atoms. The van der Waals surface area contributed by atoms with Crippen LogP contribution in [0.3, 0.4) is 0 Å². The first-order chi connectivity index (χ1) is 10.1. The number of amides is 1. The Hall–Kier alpha value is -2.43. The Bertz CT molecular complexity index is 670. The number of hydrogen-bond donors (Lipinski definition) is 2. The summed E-state index contributed by atoms with van der Waals surface area (Å²) in [5.74, 6) is 0.623. The number of carbonyl (C=O) groups is 1. The number of rotatable bonds is 2. The molecule has 0 saturated carbocycles. The van der Waals surface area contributed by atoms with Gasteiger partial charge in [-0.15, -0.1) is 0 Å². The first kappa shape index (κ1) is 13.6. The fourth-order valence-electron chi connectivity index (χ4n) is 2.43. The SMILES string of the molecule is Bc1ccc(NC(=O)C2COc3ccc(O)cc3C2)cc1. The van der Waals surface area contributed by atoms with Crippen molar-refractivity contribution in [2.45, 2.75) is 6.42 Å². The highest BCUT2D eigenvalue weighted by molar-refractivity contribution is 6.32. The molecule has 0 aliphatic carbocycles. The molecule has 1 unspecified atom stereocenters. The van der Waals surface area contributed by atoms with Gasteiger partial charge in [0.15, 0.2) is 0 Å². The van der Waals surface area contributed by atoms with Gasteiger partial charge in [-0.05, 0) is 42.3 Å². The number of aromatic hydroxyl groups is 1. The molecule has 1 aliphatic rings. The Morgan fingerprint density at radius 1 is 1.24 bits per heavy atom. The normalized spacial score (nSPS) is 16.7. The topological polar surface area (TPSA) is 58.6 Å². The van der Waals surface area contributed by atoms with Gasteiger partial charge >= 0.3 is 0 Å². The highest BCUT2D eigenvalue weighted by Gasteiger charge is 2.26. The van der Waals surface area contributed by atoms with Gasteiger partial charge in [0.05, 0.1) is 5.92 Å². The van der Waals surface area contributed by atoms with Crippen LogP contribution in [-0.2, 0) is 11.2 Å². The summed E-state index contributed by atoms with van der Waals surface area (Å²) in [5.41, 5.74) is 2.80. The van der Waals surface area contributed by atoms with Crippen molar-refractivity contribution in [2.75, 3.05) is 11.9 Å². The molecule has 21 heavy (non-hydrogen) atoms. The van der Waals surface area contributed by atoms with E-state index in [2.05, 4.69) is 5.32 Å². The molecule has 1 amide bonds. The molecule has 2 N–H and O–H groups in total. The Morgan fingerprint density at radius 3 is 2.76 bits per heavy atom. The van der Waals surface area contributed by atoms with Crippen LogP contribution in [-0.4, -0.2) is 25.5 Å². The van der Waals surface area contributed by atoms with Crippen molar-refractivity contribution in [2.24, 2.45) is 5.92 Å². The second-order valence-corrected chi connectivity index (χ2v) is 5.36. The fourth-order valence-corrected chi connectivity index (χ4v) is 2.43. The van der Waals surface area contributed by atoms with Gasteiger partial charge in [0.1, 0.15) is 26.0 Å². The van der Waals surface area contributed by atoms with E-state index in [1.54, 1.807) is 18.2 Å². The van der Waals surface area contributed by atoms with Gasteiger partial charge in [0.2, 0.25) is 5.91 Å². The highest BCUT2D eigenvalue weighted by Crippen LogP contribution is 2.30. The standard InChI is InChI=1S/C16H16BNO3/c17-12-1-3-13(4-2-12)18-16(20)11-7-10-8-14(19)5-6-15(10)21-9-11/h1-6,8,11,19H,7,9,17H2,(H,18,20). The molecule has 1 heterocycles. The maximum absolute atomic E-state index is 12.3. The van der Waals surface area contributed by atoms with E-state index >= 15 is 0 Å². The highest BCUT2D eigenvalue weighted by atomic mass is 16.5. The summed E-state index contributed by atoms with van der Waals surface area (Å²) in [4.78, 5) is 12.3. The largest absolute Gasteiger partial charge is 0.508 e. The molecule has 106 valence electrons. The molecule has 0 fully saturated rings. The second kappa shape index (κ2) is 5.52. The van der Waals surface area contributed by atoms with Crippen LogP contribution in [0.25, 0.3) is 0 Å². The van der Waals surface area contributed by atoms with Crippen LogP contribution < -0.4 is 15.5 Å². The first-order valence-corrected chi connectivity index (χ1v) is 6.94. The molecular formula is C16H16BNO3. The number of nitrogens with one attached hydrogen (secondary N) is 1. The van der Waals surface area contributed by atoms with E-state index in [1.165, 1.54) is 0 Å². The quantitative estimate of drug-likeness (QED) is 0.802. The minimum absolute atomic E-state index is 0.0622. The lowest BCUT2D eigenvalue weighted by Gasteiger charge is -2.24. The van der Waals surface area contributed by atoms with Crippen LogP contribution in [0.1, 0.15) is 5.56 Å².